The molecule has 0 aliphatic carbocycles. The second-order valence-corrected chi connectivity index (χ2v) is 5.53. The molecule has 2 heterocycles. The summed E-state index contributed by atoms with van der Waals surface area (Å²) >= 11 is 5.12. The van der Waals surface area contributed by atoms with Crippen LogP contribution in [0.25, 0.3) is 0 Å². The Kier molecular flexibility index (Phi) is 5.49. The van der Waals surface area contributed by atoms with E-state index in [-0.39, 0.29) is 24.9 Å². The van der Waals surface area contributed by atoms with Crippen LogP contribution < -0.4 is 5.32 Å². The highest BCUT2D eigenvalue weighted by Gasteiger charge is 2.18. The third kappa shape index (κ3) is 4.13. The monoisotopic (exact) mass is 311 g/mol. The van der Waals surface area contributed by atoms with E-state index in [4.69, 9.17) is 12.2 Å². The number of nitrogens with one attached hydrogen (secondary N) is 2. The molecule has 2 amide bonds. The summed E-state index contributed by atoms with van der Waals surface area (Å²) in [6.07, 6.45) is 3.77. The van der Waals surface area contributed by atoms with Gasteiger partial charge in [0.05, 0.1) is 6.54 Å². The Morgan fingerprint density at radius 2 is 2.10 bits per heavy atom. The highest BCUT2D eigenvalue weighted by Crippen LogP contribution is 2.06. The molecule has 2 N–H and O–H groups in total. The minimum absolute atomic E-state index is 0.0228. The lowest BCUT2D eigenvalue weighted by atomic mass is 10.3. The van der Waals surface area contributed by atoms with Gasteiger partial charge in [0.1, 0.15) is 12.4 Å². The Morgan fingerprint density at radius 1 is 1.38 bits per heavy atom. The molecule has 0 atom stereocenters. The average Bonchev–Trinajstić information content (AvgIpc) is 3.10. The summed E-state index contributed by atoms with van der Waals surface area (Å²) in [5, 5.41) is 9.46. The van der Waals surface area contributed by atoms with Crippen LogP contribution in [0.5, 0.6) is 0 Å². The molecule has 0 unspecified atom stereocenters. The summed E-state index contributed by atoms with van der Waals surface area (Å²) < 4.78 is 2.11. The van der Waals surface area contributed by atoms with Gasteiger partial charge in [0, 0.05) is 19.5 Å². The van der Waals surface area contributed by atoms with Crippen molar-refractivity contribution in [2.24, 2.45) is 0 Å². The molecule has 1 aliphatic rings. The molecule has 21 heavy (non-hydrogen) atoms. The maximum Gasteiger partial charge on any atom is 0.241 e. The molecule has 2 rings (SSSR count). The van der Waals surface area contributed by atoms with Crippen molar-refractivity contribution in [3.8, 4) is 0 Å². The van der Waals surface area contributed by atoms with Crippen LogP contribution in [0.4, 0.5) is 0 Å². The minimum Gasteiger partial charge on any atom is -0.345 e. The zero-order chi connectivity index (χ0) is 15.2. The molecule has 1 fully saturated rings. The third-order valence-corrected chi connectivity index (χ3v) is 3.82. The van der Waals surface area contributed by atoms with Crippen LogP contribution in [-0.2, 0) is 22.6 Å². The van der Waals surface area contributed by atoms with E-state index in [9.17, 15) is 9.59 Å². The molecular formula is C13H21N5O2S. The van der Waals surface area contributed by atoms with Gasteiger partial charge < -0.3 is 10.2 Å². The van der Waals surface area contributed by atoms with Crippen LogP contribution in [0.1, 0.15) is 32.0 Å². The number of carbonyl (C=O) groups excluding carboxylic acids is 2. The van der Waals surface area contributed by atoms with E-state index in [2.05, 4.69) is 15.5 Å². The lowest BCUT2D eigenvalue weighted by Gasteiger charge is -2.15. The summed E-state index contributed by atoms with van der Waals surface area (Å²) in [6, 6.07) is 0. The Morgan fingerprint density at radius 3 is 2.76 bits per heavy atom. The lowest BCUT2D eigenvalue weighted by molar-refractivity contribution is -0.132. The van der Waals surface area contributed by atoms with Gasteiger partial charge in [-0.3, -0.25) is 19.3 Å². The number of aryl methyl sites for hydroxylation is 1. The first kappa shape index (κ1) is 15.7. The fourth-order valence-corrected chi connectivity index (χ4v) is 2.60. The van der Waals surface area contributed by atoms with Gasteiger partial charge >= 0.3 is 0 Å². The molecule has 8 heteroatoms. The Hall–Kier alpha value is -1.70. The largest absolute Gasteiger partial charge is 0.345 e. The highest BCUT2D eigenvalue weighted by atomic mass is 32.1. The van der Waals surface area contributed by atoms with Crippen LogP contribution in [0.2, 0.25) is 0 Å². The minimum atomic E-state index is -0.225. The van der Waals surface area contributed by atoms with E-state index in [0.29, 0.717) is 4.77 Å². The number of aromatic nitrogens is 3. The molecular weight excluding hydrogens is 290 g/mol. The number of aromatic amines is 1. The first-order valence-corrected chi connectivity index (χ1v) is 7.71. The Labute approximate surface area is 128 Å². The zero-order valence-corrected chi connectivity index (χ0v) is 13.0. The molecule has 1 saturated heterocycles. The van der Waals surface area contributed by atoms with Gasteiger partial charge in [-0.15, -0.1) is 0 Å². The van der Waals surface area contributed by atoms with Crippen molar-refractivity contribution in [1.29, 1.82) is 0 Å². The van der Waals surface area contributed by atoms with Crippen LogP contribution >= 0.6 is 12.2 Å². The number of carbonyl (C=O) groups is 2. The van der Waals surface area contributed by atoms with E-state index >= 15 is 0 Å². The second-order valence-electron chi connectivity index (χ2n) is 5.15. The molecule has 1 aliphatic heterocycles. The summed E-state index contributed by atoms with van der Waals surface area (Å²) in [4.78, 5) is 25.6. The van der Waals surface area contributed by atoms with Crippen LogP contribution in [0.15, 0.2) is 0 Å². The number of hydrogen-bond donors (Lipinski definition) is 2. The molecule has 7 nitrogen and oxygen atoms in total. The third-order valence-electron chi connectivity index (χ3n) is 3.51. The number of amides is 2. The van der Waals surface area contributed by atoms with E-state index < -0.39 is 0 Å². The van der Waals surface area contributed by atoms with Gasteiger partial charge in [-0.25, -0.2) is 0 Å². The van der Waals surface area contributed by atoms with Crippen molar-refractivity contribution >= 4 is 24.0 Å². The van der Waals surface area contributed by atoms with Crippen LogP contribution in [0, 0.1) is 4.77 Å². The van der Waals surface area contributed by atoms with Crippen LogP contribution in [0.3, 0.4) is 0 Å². The van der Waals surface area contributed by atoms with Crippen molar-refractivity contribution in [1.82, 2.24) is 25.0 Å². The van der Waals surface area contributed by atoms with E-state index in [1.165, 1.54) is 0 Å². The normalized spacial score (nSPS) is 14.4. The maximum absolute atomic E-state index is 11.9. The molecule has 0 radical (unpaired) electrons. The predicted octanol–water partition coefficient (Wildman–Crippen LogP) is 0.632. The van der Waals surface area contributed by atoms with E-state index in [1.54, 1.807) is 9.47 Å². The first-order chi connectivity index (χ1) is 10.1. The SMILES string of the molecule is CCCc1n[nH]c(=S)n1CC(=O)NCC(=O)N1CCCC1. The van der Waals surface area contributed by atoms with Crippen molar-refractivity contribution in [3.63, 3.8) is 0 Å². The number of H-pyrrole nitrogens is 1. The molecule has 0 spiro atoms. The molecule has 1 aromatic rings. The summed E-state index contributed by atoms with van der Waals surface area (Å²) in [5.74, 6) is 0.520. The quantitative estimate of drug-likeness (QED) is 0.755. The predicted molar refractivity (Wildman–Crippen MR) is 80.2 cm³/mol. The average molecular weight is 311 g/mol. The smallest absolute Gasteiger partial charge is 0.241 e. The van der Waals surface area contributed by atoms with Crippen molar-refractivity contribution in [2.75, 3.05) is 19.6 Å². The summed E-state index contributed by atoms with van der Waals surface area (Å²) in [6.45, 7) is 3.77. The van der Waals surface area contributed by atoms with Gasteiger partial charge in [-0.1, -0.05) is 6.92 Å². The molecule has 116 valence electrons. The van der Waals surface area contributed by atoms with Gasteiger partial charge in [0.25, 0.3) is 0 Å². The van der Waals surface area contributed by atoms with Crippen LogP contribution in [-0.4, -0.2) is 51.1 Å². The summed E-state index contributed by atoms with van der Waals surface area (Å²) in [7, 11) is 0. The number of likely N-dealkylation sites (tertiary alicyclic amines) is 1. The van der Waals surface area contributed by atoms with Crippen molar-refractivity contribution < 1.29 is 9.59 Å². The van der Waals surface area contributed by atoms with Crippen molar-refractivity contribution in [2.45, 2.75) is 39.2 Å². The molecule has 1 aromatic heterocycles. The lowest BCUT2D eigenvalue weighted by Crippen LogP contribution is -2.39. The first-order valence-electron chi connectivity index (χ1n) is 7.30. The van der Waals surface area contributed by atoms with Crippen molar-refractivity contribution in [3.05, 3.63) is 10.6 Å². The Bertz CT molecular complexity index is 559. The second kappa shape index (κ2) is 7.35. The highest BCUT2D eigenvalue weighted by molar-refractivity contribution is 7.71. The van der Waals surface area contributed by atoms with E-state index in [1.807, 2.05) is 6.92 Å². The van der Waals surface area contributed by atoms with Gasteiger partial charge in [0.15, 0.2) is 4.77 Å². The van der Waals surface area contributed by atoms with Gasteiger partial charge in [-0.05, 0) is 31.5 Å². The van der Waals surface area contributed by atoms with Gasteiger partial charge in [-0.2, -0.15) is 5.10 Å². The molecule has 0 aromatic carbocycles. The fourth-order valence-electron chi connectivity index (χ4n) is 2.38. The number of hydrogen-bond acceptors (Lipinski definition) is 4. The standard InChI is InChI=1S/C13H21N5O2S/c1-2-5-10-15-16-13(21)18(10)9-11(19)14-8-12(20)17-6-3-4-7-17/h2-9H2,1H3,(H,14,19)(H,16,21). The summed E-state index contributed by atoms with van der Waals surface area (Å²) in [5.41, 5.74) is 0. The fraction of sp³-hybridized carbons (Fsp3) is 0.692. The van der Waals surface area contributed by atoms with Gasteiger partial charge in [0.2, 0.25) is 11.8 Å². The Balaban J connectivity index is 1.85. The number of nitrogens with zero attached hydrogens (tertiary/aromatic N) is 3. The topological polar surface area (TPSA) is 83.0 Å². The molecule has 0 bridgehead atoms. The number of rotatable bonds is 6. The molecule has 0 saturated carbocycles. The maximum atomic E-state index is 11.9. The van der Waals surface area contributed by atoms with E-state index in [0.717, 1.165) is 44.6 Å². The zero-order valence-electron chi connectivity index (χ0n) is 12.2.